The summed E-state index contributed by atoms with van der Waals surface area (Å²) in [5.74, 6) is 5.26. The molecule has 4 aliphatic rings. The Labute approximate surface area is 219 Å². The van der Waals surface area contributed by atoms with Crippen LogP contribution in [0.5, 0.6) is 0 Å². The summed E-state index contributed by atoms with van der Waals surface area (Å²) in [5, 5.41) is 0. The molecule has 0 heterocycles. The van der Waals surface area contributed by atoms with Gasteiger partial charge in [-0.2, -0.15) is 0 Å². The molecular formula is C28H46Cl2SiZr. The summed E-state index contributed by atoms with van der Waals surface area (Å²) >= 11 is -0.826. The second-order valence-corrected chi connectivity index (χ2v) is 20.2. The third-order valence-corrected chi connectivity index (χ3v) is 15.2. The minimum absolute atomic E-state index is 0. The molecule has 0 aromatic heterocycles. The van der Waals surface area contributed by atoms with E-state index in [4.69, 9.17) is 17.0 Å². The standard InChI is InChI=1S/C26H40Si.2CH3.2ClH.Zr/c1-27(2,25-16-13-20-10-6-7-11-23(20)25)26-17-14-22-18-21(12-15-24(22)26)19-8-4-3-5-9-19;;;;;/h3-5,8-9,20-26H,6-7,10-18H2,1-2H3;2*1H3;2*1H;/q;2*-1;;;+4/p-2. The molecule has 0 spiro atoms. The van der Waals surface area contributed by atoms with Gasteiger partial charge in [-0.1, -0.05) is 94.8 Å². The summed E-state index contributed by atoms with van der Waals surface area (Å²) in [7, 11) is 8.71. The van der Waals surface area contributed by atoms with Crippen molar-refractivity contribution in [2.45, 2.75) is 101 Å². The second-order valence-electron chi connectivity index (χ2n) is 11.3. The summed E-state index contributed by atoms with van der Waals surface area (Å²) in [6.07, 6.45) is 17.0. The topological polar surface area (TPSA) is 0 Å². The fourth-order valence-corrected chi connectivity index (χ4v) is 14.1. The van der Waals surface area contributed by atoms with Crippen molar-refractivity contribution in [3.8, 4) is 0 Å². The maximum absolute atomic E-state index is 4.93. The van der Waals surface area contributed by atoms with Gasteiger partial charge < -0.3 is 14.9 Å². The average molecular weight is 573 g/mol. The summed E-state index contributed by atoms with van der Waals surface area (Å²) in [6, 6.07) is 11.4. The maximum atomic E-state index is 4.93. The molecule has 0 amide bonds. The molecule has 5 rings (SSSR count). The first-order valence-electron chi connectivity index (χ1n) is 12.6. The summed E-state index contributed by atoms with van der Waals surface area (Å²) in [5.41, 5.74) is 3.93. The van der Waals surface area contributed by atoms with E-state index in [1.54, 1.807) is 44.1 Å². The van der Waals surface area contributed by atoms with Crippen molar-refractivity contribution < 1.29 is 20.8 Å². The van der Waals surface area contributed by atoms with Gasteiger partial charge in [0.2, 0.25) is 0 Å². The molecule has 0 saturated heterocycles. The van der Waals surface area contributed by atoms with Crippen molar-refractivity contribution in [2.75, 3.05) is 0 Å². The second kappa shape index (κ2) is 13.3. The van der Waals surface area contributed by atoms with E-state index in [0.717, 1.165) is 35.1 Å². The van der Waals surface area contributed by atoms with Gasteiger partial charge in [-0.3, -0.25) is 0 Å². The molecule has 4 aliphatic carbocycles. The number of hydrogen-bond acceptors (Lipinski definition) is 0. The van der Waals surface area contributed by atoms with E-state index in [0.29, 0.717) is 0 Å². The number of halogens is 2. The molecule has 4 heteroatoms. The molecule has 32 heavy (non-hydrogen) atoms. The van der Waals surface area contributed by atoms with E-state index in [-0.39, 0.29) is 14.9 Å². The van der Waals surface area contributed by atoms with Crippen LogP contribution in [0.25, 0.3) is 0 Å². The van der Waals surface area contributed by atoms with Crippen LogP contribution in [-0.2, 0) is 20.8 Å². The van der Waals surface area contributed by atoms with Crippen LogP contribution in [0.15, 0.2) is 30.3 Å². The Morgan fingerprint density at radius 3 is 1.94 bits per heavy atom. The molecule has 0 aliphatic heterocycles. The fraction of sp³-hybridized carbons (Fsp3) is 0.714. The van der Waals surface area contributed by atoms with E-state index in [2.05, 4.69) is 43.4 Å². The average Bonchev–Trinajstić information content (AvgIpc) is 3.39. The Hall–Kier alpha value is 0.900. The molecule has 0 bridgehead atoms. The first-order valence-corrected chi connectivity index (χ1v) is 22.1. The van der Waals surface area contributed by atoms with Crippen LogP contribution in [0.4, 0.5) is 0 Å². The van der Waals surface area contributed by atoms with Gasteiger partial charge in [0.05, 0.1) is 8.07 Å². The van der Waals surface area contributed by atoms with Crippen molar-refractivity contribution in [2.24, 2.45) is 23.7 Å². The van der Waals surface area contributed by atoms with Gasteiger partial charge in [0, 0.05) is 0 Å². The van der Waals surface area contributed by atoms with E-state index in [1.165, 1.54) is 37.6 Å². The quantitative estimate of drug-likeness (QED) is 0.250. The Morgan fingerprint density at radius 2 is 1.28 bits per heavy atom. The van der Waals surface area contributed by atoms with Crippen LogP contribution < -0.4 is 0 Å². The zero-order valence-corrected chi connectivity index (χ0v) is 25.9. The molecule has 1 aromatic carbocycles. The van der Waals surface area contributed by atoms with E-state index in [9.17, 15) is 0 Å². The van der Waals surface area contributed by atoms with Crippen molar-refractivity contribution >= 4 is 25.1 Å². The van der Waals surface area contributed by atoms with Gasteiger partial charge >= 0.3 is 37.9 Å². The van der Waals surface area contributed by atoms with Gasteiger partial charge in [-0.25, -0.2) is 0 Å². The normalized spacial score (nSPS) is 35.7. The Kier molecular flexibility index (Phi) is 12.1. The van der Waals surface area contributed by atoms with E-state index >= 15 is 0 Å². The Morgan fingerprint density at radius 1 is 0.719 bits per heavy atom. The van der Waals surface area contributed by atoms with Crippen LogP contribution in [0.2, 0.25) is 24.2 Å². The minimum atomic E-state index is -1.15. The number of fused-ring (bicyclic) bond motifs is 2. The first kappa shape index (κ1) is 29.1. The number of hydrogen-bond donors (Lipinski definition) is 0. The van der Waals surface area contributed by atoms with Crippen LogP contribution in [0.3, 0.4) is 0 Å². The van der Waals surface area contributed by atoms with E-state index in [1.807, 2.05) is 0 Å². The zero-order valence-electron chi connectivity index (χ0n) is 21.0. The molecule has 180 valence electrons. The third-order valence-electron chi connectivity index (χ3n) is 9.92. The molecule has 1 aromatic rings. The molecule has 0 N–H and O–H groups in total. The van der Waals surface area contributed by atoms with E-state index < -0.39 is 28.9 Å². The zero-order chi connectivity index (χ0) is 21.1. The first-order chi connectivity index (χ1) is 14.6. The monoisotopic (exact) mass is 570 g/mol. The molecule has 4 fully saturated rings. The number of rotatable bonds is 3. The predicted octanol–water partition coefficient (Wildman–Crippen LogP) is 10.3. The Balaban J connectivity index is 0.000000690. The molecule has 4 saturated carbocycles. The fourth-order valence-electron chi connectivity index (χ4n) is 8.64. The van der Waals surface area contributed by atoms with Crippen LogP contribution in [0.1, 0.15) is 82.1 Å². The molecular weight excluding hydrogens is 527 g/mol. The summed E-state index contributed by atoms with van der Waals surface area (Å²) in [4.78, 5) is 0. The van der Waals surface area contributed by atoms with Gasteiger partial charge in [-0.15, -0.1) is 0 Å². The molecule has 0 radical (unpaired) electrons. The van der Waals surface area contributed by atoms with Crippen LogP contribution in [0, 0.1) is 38.5 Å². The SMILES string of the molecule is C[Si](C)(C1CCC2CCCCC21)C1CCC2CC(c3ccccc3)CCC21.[CH3-].[CH3-].[Cl][Zr+2][Cl]. The predicted molar refractivity (Wildman–Crippen MR) is 143 cm³/mol. The van der Waals surface area contributed by atoms with Crippen LogP contribution >= 0.6 is 17.0 Å². The van der Waals surface area contributed by atoms with Crippen molar-refractivity contribution in [1.29, 1.82) is 0 Å². The van der Waals surface area contributed by atoms with Crippen LogP contribution in [-0.4, -0.2) is 8.07 Å². The molecule has 7 unspecified atom stereocenters. The van der Waals surface area contributed by atoms with Gasteiger partial charge in [-0.05, 0) is 65.5 Å². The van der Waals surface area contributed by atoms with Gasteiger partial charge in [0.15, 0.2) is 0 Å². The molecule has 7 atom stereocenters. The molecule has 0 nitrogen and oxygen atoms in total. The Bertz CT molecular complexity index is 667. The van der Waals surface area contributed by atoms with Gasteiger partial charge in [0.1, 0.15) is 0 Å². The third kappa shape index (κ3) is 6.17. The summed E-state index contributed by atoms with van der Waals surface area (Å²) < 4.78 is 0. The van der Waals surface area contributed by atoms with Gasteiger partial charge in [0.25, 0.3) is 0 Å². The number of benzene rings is 1. The van der Waals surface area contributed by atoms with Crippen molar-refractivity contribution in [3.05, 3.63) is 50.7 Å². The van der Waals surface area contributed by atoms with Crippen molar-refractivity contribution in [3.63, 3.8) is 0 Å². The van der Waals surface area contributed by atoms with Crippen molar-refractivity contribution in [1.82, 2.24) is 0 Å². The summed E-state index contributed by atoms with van der Waals surface area (Å²) in [6.45, 7) is 5.68.